The van der Waals surface area contributed by atoms with E-state index >= 15 is 0 Å². The number of carbonyl (C=O) groups excluding carboxylic acids is 2. The maximum absolute atomic E-state index is 12.6. The highest BCUT2D eigenvalue weighted by molar-refractivity contribution is 14.1. The largest absolute Gasteiger partial charge is 0.508 e. The Morgan fingerprint density at radius 2 is 1.87 bits per heavy atom. The summed E-state index contributed by atoms with van der Waals surface area (Å²) < 4.78 is 6.43. The maximum Gasteiger partial charge on any atom is 0.412 e. The van der Waals surface area contributed by atoms with Crippen molar-refractivity contribution in [1.29, 1.82) is 0 Å². The van der Waals surface area contributed by atoms with Gasteiger partial charge in [0.15, 0.2) is 0 Å². The minimum atomic E-state index is -0.850. The van der Waals surface area contributed by atoms with Crippen molar-refractivity contribution >= 4 is 51.1 Å². The summed E-state index contributed by atoms with van der Waals surface area (Å²) in [7, 11) is 0. The molecule has 0 heterocycles. The number of anilines is 1. The topological polar surface area (TPSA) is 108 Å². The molecule has 0 saturated heterocycles. The molecule has 2 amide bonds. The lowest BCUT2D eigenvalue weighted by molar-refractivity contribution is -0.124. The van der Waals surface area contributed by atoms with Crippen LogP contribution in [0.1, 0.15) is 18.1 Å². The number of rotatable bonds is 6. The number of phenols is 1. The van der Waals surface area contributed by atoms with E-state index in [1.54, 1.807) is 18.2 Å². The molecule has 3 rings (SSSR count). The first-order valence-corrected chi connectivity index (χ1v) is 10.1. The summed E-state index contributed by atoms with van der Waals surface area (Å²) in [4.78, 5) is 23.8. The number of aromatic hydroxyl groups is 1. The normalized spacial score (nSPS) is 11.9. The molecule has 0 aliphatic rings. The van der Waals surface area contributed by atoms with Gasteiger partial charge in [0.05, 0.1) is 5.69 Å². The molecule has 0 fully saturated rings. The van der Waals surface area contributed by atoms with E-state index in [4.69, 9.17) is 9.94 Å². The molecule has 0 aliphatic carbocycles. The van der Waals surface area contributed by atoms with Gasteiger partial charge in [0, 0.05) is 27.0 Å². The van der Waals surface area contributed by atoms with Crippen molar-refractivity contribution in [3.05, 3.63) is 81.9 Å². The van der Waals surface area contributed by atoms with E-state index in [1.807, 2.05) is 36.4 Å². The Balaban J connectivity index is 1.82. The fourth-order valence-corrected chi connectivity index (χ4v) is 3.48. The van der Waals surface area contributed by atoms with Crippen LogP contribution in [0.4, 0.5) is 10.5 Å². The van der Waals surface area contributed by atoms with E-state index in [1.165, 1.54) is 17.6 Å². The van der Waals surface area contributed by atoms with Gasteiger partial charge in [-0.3, -0.25) is 15.3 Å². The van der Waals surface area contributed by atoms with Crippen LogP contribution < -0.4 is 10.8 Å². The molecule has 3 aromatic rings. The quantitative estimate of drug-likeness (QED) is 0.161. The van der Waals surface area contributed by atoms with Crippen LogP contribution in [0.3, 0.4) is 0 Å². The minimum Gasteiger partial charge on any atom is -0.508 e. The van der Waals surface area contributed by atoms with Gasteiger partial charge in [0.1, 0.15) is 11.9 Å². The Bertz CT molecular complexity index is 1090. The Hall–Kier alpha value is -3.11. The fourth-order valence-electron chi connectivity index (χ4n) is 2.96. The van der Waals surface area contributed by atoms with Crippen molar-refractivity contribution in [2.24, 2.45) is 0 Å². The fraction of sp³-hybridized carbons (Fsp3) is 0.0909. The van der Waals surface area contributed by atoms with Crippen molar-refractivity contribution in [3.8, 4) is 5.75 Å². The number of fused-ring (bicyclic) bond motifs is 1. The van der Waals surface area contributed by atoms with Gasteiger partial charge < -0.3 is 9.84 Å². The molecule has 7 nitrogen and oxygen atoms in total. The predicted octanol–water partition coefficient (Wildman–Crippen LogP) is 4.89. The third-order valence-electron chi connectivity index (χ3n) is 4.34. The van der Waals surface area contributed by atoms with Crippen LogP contribution in [0.15, 0.2) is 72.8 Å². The first-order valence-electron chi connectivity index (χ1n) is 9.02. The molecule has 0 unspecified atom stereocenters. The molecule has 0 radical (unpaired) electrons. The Morgan fingerprint density at radius 3 is 2.67 bits per heavy atom. The first kappa shape index (κ1) is 21.6. The average Bonchev–Trinajstić information content (AvgIpc) is 2.75. The zero-order valence-electron chi connectivity index (χ0n) is 15.7. The molecule has 4 N–H and O–H groups in total. The molecule has 154 valence electrons. The number of hydroxylamine groups is 1. The average molecular weight is 518 g/mol. The molecule has 0 saturated carbocycles. The molecule has 0 bridgehead atoms. The first-order chi connectivity index (χ1) is 14.5. The zero-order valence-corrected chi connectivity index (χ0v) is 17.9. The molecule has 0 aromatic heterocycles. The smallest absolute Gasteiger partial charge is 0.412 e. The second-order valence-electron chi connectivity index (χ2n) is 6.36. The standard InChI is InChI=1S/C22H19IN2O5/c23-15-11-12-19(26)17(13-15)20(9-4-10-21(27)25-29)30-22(28)24-18-8-3-6-14-5-1-2-7-16(14)18/h1-8,10-13,20,26,29H,9H2,(H,24,28)(H,25,27)/b10-4+/t20-/m1/s1. The number of nitrogens with one attached hydrogen (secondary N) is 2. The third-order valence-corrected chi connectivity index (χ3v) is 5.01. The number of hydrogen-bond acceptors (Lipinski definition) is 5. The molecular weight excluding hydrogens is 499 g/mol. The van der Waals surface area contributed by atoms with Crippen LogP contribution in [0.25, 0.3) is 10.8 Å². The monoisotopic (exact) mass is 518 g/mol. The van der Waals surface area contributed by atoms with Crippen LogP contribution in [-0.2, 0) is 9.53 Å². The number of carbonyl (C=O) groups is 2. The lowest BCUT2D eigenvalue weighted by Gasteiger charge is -2.19. The summed E-state index contributed by atoms with van der Waals surface area (Å²) in [5.41, 5.74) is 2.50. The van der Waals surface area contributed by atoms with E-state index in [9.17, 15) is 14.7 Å². The zero-order chi connectivity index (χ0) is 21.5. The summed E-state index contributed by atoms with van der Waals surface area (Å²) in [6.45, 7) is 0. The van der Waals surface area contributed by atoms with E-state index in [2.05, 4.69) is 27.9 Å². The van der Waals surface area contributed by atoms with Crippen LogP contribution in [-0.4, -0.2) is 22.3 Å². The molecule has 0 spiro atoms. The molecule has 1 atom stereocenters. The van der Waals surface area contributed by atoms with Gasteiger partial charge in [-0.25, -0.2) is 10.3 Å². The highest BCUT2D eigenvalue weighted by atomic mass is 127. The van der Waals surface area contributed by atoms with Gasteiger partial charge in [-0.05, 0) is 52.2 Å². The highest BCUT2D eigenvalue weighted by Crippen LogP contribution is 2.32. The number of phenolic OH excluding ortho intramolecular Hbond substituents is 1. The van der Waals surface area contributed by atoms with Crippen molar-refractivity contribution in [1.82, 2.24) is 5.48 Å². The summed E-state index contributed by atoms with van der Waals surface area (Å²) in [6.07, 6.45) is 1.13. The van der Waals surface area contributed by atoms with E-state index < -0.39 is 18.1 Å². The summed E-state index contributed by atoms with van der Waals surface area (Å²) in [5.74, 6) is -0.737. The van der Waals surface area contributed by atoms with Crippen LogP contribution in [0.5, 0.6) is 5.75 Å². The van der Waals surface area contributed by atoms with Gasteiger partial charge in [-0.2, -0.15) is 0 Å². The lowest BCUT2D eigenvalue weighted by Crippen LogP contribution is -2.18. The van der Waals surface area contributed by atoms with Gasteiger partial charge in [0.25, 0.3) is 5.91 Å². The van der Waals surface area contributed by atoms with Crippen molar-refractivity contribution in [2.75, 3.05) is 5.32 Å². The molecule has 3 aromatic carbocycles. The van der Waals surface area contributed by atoms with E-state index in [-0.39, 0.29) is 12.2 Å². The number of benzene rings is 3. The number of ether oxygens (including phenoxy) is 1. The predicted molar refractivity (Wildman–Crippen MR) is 121 cm³/mol. The van der Waals surface area contributed by atoms with Crippen LogP contribution >= 0.6 is 22.6 Å². The molecular formula is C22H19IN2O5. The van der Waals surface area contributed by atoms with Crippen molar-refractivity contribution in [2.45, 2.75) is 12.5 Å². The summed E-state index contributed by atoms with van der Waals surface area (Å²) in [5, 5.41) is 23.4. The Morgan fingerprint density at radius 1 is 1.10 bits per heavy atom. The van der Waals surface area contributed by atoms with Crippen LogP contribution in [0, 0.1) is 3.57 Å². The third kappa shape index (κ3) is 5.49. The number of amides is 2. The Labute approximate surface area is 186 Å². The van der Waals surface area contributed by atoms with E-state index in [0.717, 1.165) is 20.4 Å². The summed E-state index contributed by atoms with van der Waals surface area (Å²) in [6, 6.07) is 18.1. The SMILES string of the molecule is O=C(/C=C/C[C@@H](OC(=O)Nc1cccc2ccccc12)c1cc(I)ccc1O)NO. The molecule has 30 heavy (non-hydrogen) atoms. The summed E-state index contributed by atoms with van der Waals surface area (Å²) >= 11 is 2.09. The van der Waals surface area contributed by atoms with Gasteiger partial charge >= 0.3 is 6.09 Å². The Kier molecular flexibility index (Phi) is 7.26. The van der Waals surface area contributed by atoms with E-state index in [0.29, 0.717) is 11.3 Å². The van der Waals surface area contributed by atoms with Gasteiger partial charge in [0.2, 0.25) is 0 Å². The van der Waals surface area contributed by atoms with Crippen LogP contribution in [0.2, 0.25) is 0 Å². The molecule has 8 heteroatoms. The second-order valence-corrected chi connectivity index (χ2v) is 7.61. The maximum atomic E-state index is 12.6. The second kappa shape index (κ2) is 10.1. The molecule has 0 aliphatic heterocycles. The van der Waals surface area contributed by atoms with Crippen molar-refractivity contribution < 1.29 is 24.6 Å². The van der Waals surface area contributed by atoms with Gasteiger partial charge in [-0.1, -0.05) is 42.5 Å². The lowest BCUT2D eigenvalue weighted by atomic mass is 10.0. The minimum absolute atomic E-state index is 0.0293. The number of halogens is 1. The highest BCUT2D eigenvalue weighted by Gasteiger charge is 2.20. The van der Waals surface area contributed by atoms with Gasteiger partial charge in [-0.15, -0.1) is 0 Å². The van der Waals surface area contributed by atoms with Crippen molar-refractivity contribution in [3.63, 3.8) is 0 Å². The number of hydrogen-bond donors (Lipinski definition) is 4.